The minimum Gasteiger partial charge on any atom is -0.496 e. The second-order valence-corrected chi connectivity index (χ2v) is 7.65. The zero-order valence-corrected chi connectivity index (χ0v) is 17.2. The molecule has 8 nitrogen and oxygen atoms in total. The number of carbonyl (C=O) groups is 2. The fourth-order valence-electron chi connectivity index (χ4n) is 4.02. The number of aromatic nitrogens is 4. The van der Waals surface area contributed by atoms with Gasteiger partial charge in [-0.1, -0.05) is 11.6 Å². The second-order valence-electron chi connectivity index (χ2n) is 7.65. The molecular weight excluding hydrogens is 382 g/mol. The summed E-state index contributed by atoms with van der Waals surface area (Å²) in [6.07, 6.45) is 5.35. The highest BCUT2D eigenvalue weighted by molar-refractivity contribution is 6.00. The monoisotopic (exact) mass is 407 g/mol. The number of likely N-dealkylation sites (tertiary alicyclic amines) is 1. The molecule has 1 fully saturated rings. The van der Waals surface area contributed by atoms with E-state index in [1.807, 2.05) is 24.0 Å². The normalized spacial score (nSPS) is 14.8. The lowest BCUT2D eigenvalue weighted by molar-refractivity contribution is -0.132. The van der Waals surface area contributed by atoms with E-state index in [-0.39, 0.29) is 30.4 Å². The first-order valence-corrected chi connectivity index (χ1v) is 10.2. The summed E-state index contributed by atoms with van der Waals surface area (Å²) in [7, 11) is 1.55. The Balaban J connectivity index is 1.33. The summed E-state index contributed by atoms with van der Waals surface area (Å²) in [5, 5.41) is 7.29. The zero-order valence-electron chi connectivity index (χ0n) is 17.2. The van der Waals surface area contributed by atoms with Crippen LogP contribution in [0.15, 0.2) is 30.6 Å². The molecule has 3 heterocycles. The van der Waals surface area contributed by atoms with Gasteiger partial charge in [0.2, 0.25) is 5.91 Å². The molecule has 3 aromatic rings. The van der Waals surface area contributed by atoms with Gasteiger partial charge in [0.05, 0.1) is 18.4 Å². The minimum atomic E-state index is -0.0682. The molecule has 1 aliphatic rings. The number of rotatable bonds is 6. The van der Waals surface area contributed by atoms with Crippen molar-refractivity contribution in [1.29, 1.82) is 0 Å². The number of carbonyl (C=O) groups excluding carboxylic acids is 2. The number of fused-ring (bicyclic) bond motifs is 1. The van der Waals surface area contributed by atoms with Crippen molar-refractivity contribution < 1.29 is 14.3 Å². The maximum Gasteiger partial charge on any atom is 0.223 e. The molecule has 156 valence electrons. The van der Waals surface area contributed by atoms with E-state index >= 15 is 0 Å². The third-order valence-electron chi connectivity index (χ3n) is 5.69. The molecule has 0 bridgehead atoms. The lowest BCUT2D eigenvalue weighted by Crippen LogP contribution is -2.38. The van der Waals surface area contributed by atoms with E-state index < -0.39 is 0 Å². The van der Waals surface area contributed by atoms with Crippen LogP contribution in [0.4, 0.5) is 0 Å². The Morgan fingerprint density at radius 2 is 1.93 bits per heavy atom. The number of H-pyrrole nitrogens is 1. The summed E-state index contributed by atoms with van der Waals surface area (Å²) in [5.74, 6) is 0.770. The molecule has 0 aliphatic carbocycles. The van der Waals surface area contributed by atoms with Crippen LogP contribution >= 0.6 is 0 Å². The number of ketones is 1. The summed E-state index contributed by atoms with van der Waals surface area (Å²) in [6, 6.07) is 5.51. The van der Waals surface area contributed by atoms with E-state index in [9.17, 15) is 9.59 Å². The van der Waals surface area contributed by atoms with Crippen LogP contribution < -0.4 is 4.74 Å². The van der Waals surface area contributed by atoms with Crippen LogP contribution in [-0.2, 0) is 4.79 Å². The molecule has 0 atom stereocenters. The van der Waals surface area contributed by atoms with Gasteiger partial charge in [0.25, 0.3) is 0 Å². The quantitative estimate of drug-likeness (QED) is 0.630. The third kappa shape index (κ3) is 4.03. The van der Waals surface area contributed by atoms with E-state index in [1.54, 1.807) is 25.6 Å². The summed E-state index contributed by atoms with van der Waals surface area (Å²) in [6.45, 7) is 3.25. The summed E-state index contributed by atoms with van der Waals surface area (Å²) < 4.78 is 5.29. The molecule has 2 aromatic heterocycles. The third-order valence-corrected chi connectivity index (χ3v) is 5.69. The first-order chi connectivity index (χ1) is 14.6. The number of amides is 1. The number of nitrogens with one attached hydrogen (secondary N) is 1. The van der Waals surface area contributed by atoms with Crippen LogP contribution in [0.1, 0.15) is 53.2 Å². The van der Waals surface area contributed by atoms with E-state index in [4.69, 9.17) is 4.74 Å². The van der Waals surface area contributed by atoms with Crippen molar-refractivity contribution >= 4 is 22.9 Å². The zero-order chi connectivity index (χ0) is 21.1. The average molecular weight is 407 g/mol. The molecule has 1 amide bonds. The Morgan fingerprint density at radius 1 is 1.17 bits per heavy atom. The van der Waals surface area contributed by atoms with Gasteiger partial charge >= 0.3 is 0 Å². The first kappa shape index (κ1) is 20.0. The van der Waals surface area contributed by atoms with Crippen LogP contribution in [0.2, 0.25) is 0 Å². The summed E-state index contributed by atoms with van der Waals surface area (Å²) in [4.78, 5) is 35.7. The number of hydrogen-bond acceptors (Lipinski definition) is 6. The van der Waals surface area contributed by atoms with Crippen LogP contribution in [0.5, 0.6) is 5.75 Å². The Bertz CT molecular complexity index is 1070. The summed E-state index contributed by atoms with van der Waals surface area (Å²) in [5.41, 5.74) is 3.95. The number of benzene rings is 1. The lowest BCUT2D eigenvalue weighted by Gasteiger charge is -2.31. The van der Waals surface area contributed by atoms with E-state index in [2.05, 4.69) is 20.2 Å². The van der Waals surface area contributed by atoms with E-state index in [1.165, 1.54) is 0 Å². The number of aromatic amines is 1. The summed E-state index contributed by atoms with van der Waals surface area (Å²) >= 11 is 0. The number of hydrogen-bond donors (Lipinski definition) is 1. The maximum atomic E-state index is 12.7. The Hall–Kier alpha value is -3.29. The molecule has 1 saturated heterocycles. The van der Waals surface area contributed by atoms with Gasteiger partial charge in [-0.2, -0.15) is 5.10 Å². The SMILES string of the molecule is COc1ccc(C)cc1C(=O)CCC(=O)N1CCC(c2[nH]nc3nccnc23)CC1. The molecule has 1 N–H and O–H groups in total. The van der Waals surface area contributed by atoms with E-state index in [0.29, 0.717) is 30.0 Å². The van der Waals surface area contributed by atoms with Gasteiger partial charge in [-0.15, -0.1) is 0 Å². The molecule has 1 aromatic carbocycles. The number of ether oxygens (including phenoxy) is 1. The predicted molar refractivity (Wildman–Crippen MR) is 112 cm³/mol. The number of Topliss-reactive ketones (excluding diaryl/α,β-unsaturated/α-hetero) is 1. The van der Waals surface area contributed by atoms with Crippen molar-refractivity contribution in [1.82, 2.24) is 25.1 Å². The molecule has 30 heavy (non-hydrogen) atoms. The van der Waals surface area contributed by atoms with Crippen molar-refractivity contribution in [3.63, 3.8) is 0 Å². The van der Waals surface area contributed by atoms with Gasteiger partial charge in [0.15, 0.2) is 11.4 Å². The highest BCUT2D eigenvalue weighted by atomic mass is 16.5. The van der Waals surface area contributed by atoms with Gasteiger partial charge in [-0.25, -0.2) is 9.97 Å². The molecule has 0 spiro atoms. The van der Waals surface area contributed by atoms with Crippen molar-refractivity contribution in [2.75, 3.05) is 20.2 Å². The van der Waals surface area contributed by atoms with Gasteiger partial charge in [0.1, 0.15) is 11.3 Å². The van der Waals surface area contributed by atoms with Crippen LogP contribution in [0.25, 0.3) is 11.2 Å². The maximum absolute atomic E-state index is 12.7. The second kappa shape index (κ2) is 8.61. The Kier molecular flexibility index (Phi) is 5.74. The number of methoxy groups -OCH3 is 1. The number of piperidine rings is 1. The molecule has 1 aliphatic heterocycles. The number of nitrogens with zero attached hydrogens (tertiary/aromatic N) is 4. The number of aryl methyl sites for hydroxylation is 1. The lowest BCUT2D eigenvalue weighted by atomic mass is 9.92. The minimum absolute atomic E-state index is 0.0164. The highest BCUT2D eigenvalue weighted by Crippen LogP contribution is 2.30. The molecule has 0 saturated carbocycles. The topological polar surface area (TPSA) is 101 Å². The molecule has 0 unspecified atom stereocenters. The molecule has 4 rings (SSSR count). The average Bonchev–Trinajstić information content (AvgIpc) is 3.21. The highest BCUT2D eigenvalue weighted by Gasteiger charge is 2.27. The van der Waals surface area contributed by atoms with Gasteiger partial charge in [-0.05, 0) is 31.9 Å². The van der Waals surface area contributed by atoms with Crippen molar-refractivity contribution in [2.45, 2.75) is 38.5 Å². The largest absolute Gasteiger partial charge is 0.496 e. The fraction of sp³-hybridized carbons (Fsp3) is 0.409. The Labute approximate surface area is 174 Å². The van der Waals surface area contributed by atoms with Gasteiger partial charge < -0.3 is 9.64 Å². The predicted octanol–water partition coefficient (Wildman–Crippen LogP) is 3.04. The fourth-order valence-corrected chi connectivity index (χ4v) is 4.02. The van der Waals surface area contributed by atoms with Gasteiger partial charge in [0, 0.05) is 44.2 Å². The molecule has 8 heteroatoms. The smallest absolute Gasteiger partial charge is 0.223 e. The van der Waals surface area contributed by atoms with Gasteiger partial charge in [-0.3, -0.25) is 14.7 Å². The van der Waals surface area contributed by atoms with Crippen LogP contribution in [0.3, 0.4) is 0 Å². The van der Waals surface area contributed by atoms with Crippen molar-refractivity contribution in [3.8, 4) is 5.75 Å². The molecular formula is C22H25N5O3. The van der Waals surface area contributed by atoms with Crippen LogP contribution in [-0.4, -0.2) is 57.0 Å². The first-order valence-electron chi connectivity index (χ1n) is 10.2. The van der Waals surface area contributed by atoms with Crippen molar-refractivity contribution in [3.05, 3.63) is 47.4 Å². The Morgan fingerprint density at radius 3 is 2.70 bits per heavy atom. The van der Waals surface area contributed by atoms with Crippen LogP contribution in [0, 0.1) is 6.92 Å². The molecule has 0 radical (unpaired) electrons. The van der Waals surface area contributed by atoms with E-state index in [0.717, 1.165) is 29.6 Å². The standard InChI is InChI=1S/C22H25N5O3/c1-14-3-5-18(30-2)16(13-14)17(28)4-6-19(29)27-11-7-15(8-12-27)20-21-22(26-25-20)24-10-9-23-21/h3,5,9-10,13,15H,4,6-8,11-12H2,1-2H3,(H,24,25,26). The van der Waals surface area contributed by atoms with Crippen molar-refractivity contribution in [2.24, 2.45) is 0 Å².